The van der Waals surface area contributed by atoms with Crippen molar-refractivity contribution in [2.24, 2.45) is 0 Å². The molecule has 1 N–H and O–H groups in total. The first-order chi connectivity index (χ1) is 10.7. The molecule has 0 bridgehead atoms. The predicted molar refractivity (Wildman–Crippen MR) is 82.4 cm³/mol. The molecule has 0 radical (unpaired) electrons. The first-order valence-electron chi connectivity index (χ1n) is 7.08. The summed E-state index contributed by atoms with van der Waals surface area (Å²) in [5.74, 6) is -0.548. The van der Waals surface area contributed by atoms with E-state index in [4.69, 9.17) is 4.84 Å². The van der Waals surface area contributed by atoms with Gasteiger partial charge in [0.2, 0.25) is 0 Å². The molecule has 3 aromatic rings. The Morgan fingerprint density at radius 3 is 2.91 bits per heavy atom. The van der Waals surface area contributed by atoms with Crippen molar-refractivity contribution in [3.05, 3.63) is 54.0 Å². The number of rotatable bonds is 3. The van der Waals surface area contributed by atoms with Crippen LogP contribution in [0.25, 0.3) is 22.0 Å². The van der Waals surface area contributed by atoms with Crippen LogP contribution < -0.4 is 10.2 Å². The van der Waals surface area contributed by atoms with Gasteiger partial charge in [-0.05, 0) is 31.2 Å². The second-order valence-electron chi connectivity index (χ2n) is 5.10. The highest BCUT2D eigenvalue weighted by atomic mass is 19.1. The first-order valence-corrected chi connectivity index (χ1v) is 7.08. The van der Waals surface area contributed by atoms with Crippen LogP contribution in [0.4, 0.5) is 10.1 Å². The lowest BCUT2D eigenvalue weighted by Gasteiger charge is -2.12. The number of amides is 1. The maximum atomic E-state index is 14.0. The summed E-state index contributed by atoms with van der Waals surface area (Å²) in [6.45, 7) is 2.40. The molecule has 110 valence electrons. The Balaban J connectivity index is 2.04. The molecular weight excluding hydrogens is 283 g/mol. The third kappa shape index (κ3) is 1.65. The summed E-state index contributed by atoms with van der Waals surface area (Å²) in [7, 11) is 0. The lowest BCUT2D eigenvalue weighted by Crippen LogP contribution is -2.12. The molecule has 22 heavy (non-hydrogen) atoms. The summed E-state index contributed by atoms with van der Waals surface area (Å²) < 4.78 is 15.6. The van der Waals surface area contributed by atoms with Crippen molar-refractivity contribution >= 4 is 22.4 Å². The number of carbonyl (C=O) groups excluding carboxylic acids is 1. The molecule has 0 saturated carbocycles. The summed E-state index contributed by atoms with van der Waals surface area (Å²) in [4.78, 5) is 17.9. The summed E-state index contributed by atoms with van der Waals surface area (Å²) in [5, 5.41) is 3.88. The molecule has 1 aromatic heterocycles. The van der Waals surface area contributed by atoms with Crippen LogP contribution in [0.2, 0.25) is 0 Å². The van der Waals surface area contributed by atoms with E-state index in [9.17, 15) is 9.18 Å². The maximum absolute atomic E-state index is 14.0. The zero-order chi connectivity index (χ0) is 15.3. The molecule has 1 amide bonds. The van der Waals surface area contributed by atoms with Gasteiger partial charge in [-0.25, -0.2) is 4.39 Å². The monoisotopic (exact) mass is 296 g/mol. The van der Waals surface area contributed by atoms with Crippen LogP contribution >= 0.6 is 0 Å². The average molecular weight is 296 g/mol. The van der Waals surface area contributed by atoms with E-state index in [1.54, 1.807) is 29.1 Å². The minimum Gasteiger partial charge on any atom is -0.414 e. The highest BCUT2D eigenvalue weighted by Crippen LogP contribution is 2.39. The van der Waals surface area contributed by atoms with Crippen molar-refractivity contribution in [1.29, 1.82) is 0 Å². The number of anilines is 1. The molecular formula is C17H13FN2O2. The fraction of sp³-hybridized carbons (Fsp3) is 0.118. The van der Waals surface area contributed by atoms with Crippen molar-refractivity contribution in [2.45, 2.75) is 6.92 Å². The SMILES string of the molecule is CCOn1cccc1-c1ccc2c(F)ccc3c2c1C(=O)N3. The van der Waals surface area contributed by atoms with E-state index in [2.05, 4.69) is 5.32 Å². The summed E-state index contributed by atoms with van der Waals surface area (Å²) in [5.41, 5.74) is 2.64. The topological polar surface area (TPSA) is 43.3 Å². The van der Waals surface area contributed by atoms with Crippen LogP contribution in [-0.2, 0) is 0 Å². The molecule has 2 aromatic carbocycles. The molecule has 0 spiro atoms. The molecule has 0 saturated heterocycles. The van der Waals surface area contributed by atoms with Crippen LogP contribution in [0.15, 0.2) is 42.6 Å². The number of carbonyl (C=O) groups is 1. The van der Waals surface area contributed by atoms with Crippen LogP contribution in [0.5, 0.6) is 0 Å². The highest BCUT2D eigenvalue weighted by Gasteiger charge is 2.27. The van der Waals surface area contributed by atoms with Crippen LogP contribution in [0, 0.1) is 5.82 Å². The van der Waals surface area contributed by atoms with Gasteiger partial charge in [-0.1, -0.05) is 12.1 Å². The number of aromatic nitrogens is 1. The van der Waals surface area contributed by atoms with Crippen molar-refractivity contribution in [3.8, 4) is 11.3 Å². The van der Waals surface area contributed by atoms with Gasteiger partial charge in [0.05, 0.1) is 11.3 Å². The zero-order valence-corrected chi connectivity index (χ0v) is 11.9. The second-order valence-corrected chi connectivity index (χ2v) is 5.10. The van der Waals surface area contributed by atoms with Crippen LogP contribution in [0.1, 0.15) is 17.3 Å². The fourth-order valence-corrected chi connectivity index (χ4v) is 2.98. The van der Waals surface area contributed by atoms with Crippen molar-refractivity contribution in [1.82, 2.24) is 4.73 Å². The van der Waals surface area contributed by atoms with Crippen molar-refractivity contribution in [2.75, 3.05) is 11.9 Å². The fourth-order valence-electron chi connectivity index (χ4n) is 2.98. The molecule has 1 aliphatic rings. The molecule has 4 nitrogen and oxygen atoms in total. The van der Waals surface area contributed by atoms with E-state index in [1.165, 1.54) is 6.07 Å². The van der Waals surface area contributed by atoms with Crippen molar-refractivity contribution in [3.63, 3.8) is 0 Å². The highest BCUT2D eigenvalue weighted by molar-refractivity contribution is 6.26. The van der Waals surface area contributed by atoms with E-state index in [1.807, 2.05) is 19.1 Å². The third-order valence-corrected chi connectivity index (χ3v) is 3.86. The average Bonchev–Trinajstić information content (AvgIpc) is 3.10. The number of nitrogens with zero attached hydrogens (tertiary/aromatic N) is 1. The number of hydrogen-bond acceptors (Lipinski definition) is 2. The Hall–Kier alpha value is -2.82. The van der Waals surface area contributed by atoms with Gasteiger partial charge in [0.25, 0.3) is 5.91 Å². The van der Waals surface area contributed by atoms with E-state index >= 15 is 0 Å². The quantitative estimate of drug-likeness (QED) is 0.804. The Kier molecular flexibility index (Phi) is 2.69. The number of benzene rings is 2. The van der Waals surface area contributed by atoms with E-state index < -0.39 is 0 Å². The first kappa shape index (κ1) is 12.9. The molecule has 4 rings (SSSR count). The van der Waals surface area contributed by atoms with E-state index in [0.29, 0.717) is 28.6 Å². The molecule has 1 aliphatic heterocycles. The van der Waals surface area contributed by atoms with Crippen LogP contribution in [0.3, 0.4) is 0 Å². The predicted octanol–water partition coefficient (Wildman–Crippen LogP) is 3.46. The molecule has 5 heteroatoms. The van der Waals surface area contributed by atoms with Gasteiger partial charge in [0, 0.05) is 28.2 Å². The van der Waals surface area contributed by atoms with Gasteiger partial charge in [-0.15, -0.1) is 0 Å². The summed E-state index contributed by atoms with van der Waals surface area (Å²) >= 11 is 0. The smallest absolute Gasteiger partial charge is 0.257 e. The minimum atomic E-state index is -0.330. The minimum absolute atomic E-state index is 0.217. The molecule has 0 fully saturated rings. The number of halogens is 1. The van der Waals surface area contributed by atoms with Gasteiger partial charge >= 0.3 is 0 Å². The third-order valence-electron chi connectivity index (χ3n) is 3.86. The Morgan fingerprint density at radius 2 is 2.09 bits per heavy atom. The summed E-state index contributed by atoms with van der Waals surface area (Å²) in [6, 6.07) is 10.2. The van der Waals surface area contributed by atoms with Gasteiger partial charge in [-0.2, -0.15) is 4.73 Å². The van der Waals surface area contributed by atoms with Gasteiger partial charge in [0.1, 0.15) is 12.4 Å². The van der Waals surface area contributed by atoms with Gasteiger partial charge in [-0.3, -0.25) is 4.79 Å². The summed E-state index contributed by atoms with van der Waals surface area (Å²) in [6.07, 6.45) is 1.79. The van der Waals surface area contributed by atoms with Crippen LogP contribution in [-0.4, -0.2) is 17.2 Å². The Morgan fingerprint density at radius 1 is 1.23 bits per heavy atom. The second kappa shape index (κ2) is 4.59. The normalized spacial score (nSPS) is 12.7. The van der Waals surface area contributed by atoms with E-state index in [0.717, 1.165) is 11.3 Å². The molecule has 2 heterocycles. The number of nitrogens with one attached hydrogen (secondary N) is 1. The largest absolute Gasteiger partial charge is 0.414 e. The molecule has 0 atom stereocenters. The lowest BCUT2D eigenvalue weighted by molar-refractivity contribution is 0.103. The van der Waals surface area contributed by atoms with E-state index in [-0.39, 0.29) is 11.7 Å². The van der Waals surface area contributed by atoms with Gasteiger partial charge < -0.3 is 10.2 Å². The van der Waals surface area contributed by atoms with Crippen molar-refractivity contribution < 1.29 is 14.0 Å². The lowest BCUT2D eigenvalue weighted by atomic mass is 9.97. The molecule has 0 aliphatic carbocycles. The number of hydrogen-bond donors (Lipinski definition) is 1. The van der Waals surface area contributed by atoms with Gasteiger partial charge in [0.15, 0.2) is 0 Å². The Bertz CT molecular complexity index is 914. The molecule has 0 unspecified atom stereocenters. The maximum Gasteiger partial charge on any atom is 0.257 e. The standard InChI is InChI=1S/C17H13FN2O2/c1-2-22-20-9-3-4-14(20)11-6-5-10-12(18)7-8-13-15(10)16(11)17(21)19-13/h3-9H,2H2,1H3,(H,19,21). The Labute approximate surface area is 126 Å². The zero-order valence-electron chi connectivity index (χ0n) is 11.9.